The summed E-state index contributed by atoms with van der Waals surface area (Å²) in [5, 5.41) is 10.5. The second kappa shape index (κ2) is 7.05. The molecule has 0 aliphatic rings. The number of carbonyl (C=O) groups is 1. The van der Waals surface area contributed by atoms with E-state index in [0.717, 1.165) is 16.6 Å². The molecule has 0 bridgehead atoms. The predicted octanol–water partition coefficient (Wildman–Crippen LogP) is 4.04. The van der Waals surface area contributed by atoms with Crippen LogP contribution in [0.25, 0.3) is 23.1 Å². The van der Waals surface area contributed by atoms with Crippen LogP contribution < -0.4 is 9.47 Å². The highest BCUT2D eigenvalue weighted by Gasteiger charge is 2.06. The van der Waals surface area contributed by atoms with Gasteiger partial charge in [0.1, 0.15) is 5.52 Å². The monoisotopic (exact) mass is 335 g/mol. The molecule has 0 saturated carbocycles. The molecule has 0 aliphatic carbocycles. The highest BCUT2D eigenvalue weighted by molar-refractivity contribution is 5.88. The van der Waals surface area contributed by atoms with E-state index in [1.807, 2.05) is 36.4 Å². The molecular formula is C20H17NO4. The van der Waals surface area contributed by atoms with E-state index < -0.39 is 0 Å². The minimum Gasteiger partial charge on any atom is -0.504 e. The zero-order valence-corrected chi connectivity index (χ0v) is 13.9. The summed E-state index contributed by atoms with van der Waals surface area (Å²) in [6.07, 6.45) is 3.71. The molecule has 5 heteroatoms. The average molecular weight is 335 g/mol. The van der Waals surface area contributed by atoms with Gasteiger partial charge in [0.05, 0.1) is 12.8 Å². The van der Waals surface area contributed by atoms with Crippen molar-refractivity contribution >= 4 is 29.0 Å². The fourth-order valence-corrected chi connectivity index (χ4v) is 2.44. The molecule has 0 unspecified atom stereocenters. The largest absolute Gasteiger partial charge is 0.504 e. The van der Waals surface area contributed by atoms with Crippen LogP contribution in [0.15, 0.2) is 48.5 Å². The summed E-state index contributed by atoms with van der Waals surface area (Å²) in [5.41, 5.74) is 2.21. The number of para-hydroxylation sites is 1. The Labute approximate surface area is 145 Å². The first-order valence-electron chi connectivity index (χ1n) is 7.70. The maximum absolute atomic E-state index is 11.2. The Morgan fingerprint density at radius 2 is 1.92 bits per heavy atom. The van der Waals surface area contributed by atoms with Crippen LogP contribution in [0.5, 0.6) is 17.2 Å². The lowest BCUT2D eigenvalue weighted by Crippen LogP contribution is -2.02. The highest BCUT2D eigenvalue weighted by atomic mass is 16.5. The minimum atomic E-state index is -0.383. The molecule has 0 saturated heterocycles. The molecule has 25 heavy (non-hydrogen) atoms. The number of fused-ring (bicyclic) bond motifs is 1. The van der Waals surface area contributed by atoms with Crippen LogP contribution in [-0.4, -0.2) is 23.2 Å². The van der Waals surface area contributed by atoms with Gasteiger partial charge in [-0.05, 0) is 35.9 Å². The molecule has 0 atom stereocenters. The average Bonchev–Trinajstić information content (AvgIpc) is 2.61. The first-order chi connectivity index (χ1) is 12.1. The molecule has 1 N–H and O–H groups in total. The molecule has 126 valence electrons. The molecule has 1 aromatic heterocycles. The van der Waals surface area contributed by atoms with Crippen molar-refractivity contribution in [1.29, 1.82) is 0 Å². The number of pyridine rings is 1. The SMILES string of the molecule is COc1cc(/C=C/c2ccc3cccc(OC(C)=O)c3n2)ccc1O. The van der Waals surface area contributed by atoms with Crippen LogP contribution in [-0.2, 0) is 4.79 Å². The molecule has 0 fully saturated rings. The third-order valence-electron chi connectivity index (χ3n) is 3.61. The van der Waals surface area contributed by atoms with Crippen LogP contribution in [0.1, 0.15) is 18.2 Å². The number of methoxy groups -OCH3 is 1. The Kier molecular flexibility index (Phi) is 4.66. The highest BCUT2D eigenvalue weighted by Crippen LogP contribution is 2.28. The molecule has 0 amide bonds. The van der Waals surface area contributed by atoms with E-state index in [1.54, 1.807) is 24.3 Å². The number of carbonyl (C=O) groups excluding carboxylic acids is 1. The summed E-state index contributed by atoms with van der Waals surface area (Å²) in [6.45, 7) is 1.36. The van der Waals surface area contributed by atoms with Crippen molar-refractivity contribution in [3.05, 3.63) is 59.8 Å². The number of aromatic nitrogens is 1. The lowest BCUT2D eigenvalue weighted by atomic mass is 10.1. The van der Waals surface area contributed by atoms with E-state index in [1.165, 1.54) is 14.0 Å². The van der Waals surface area contributed by atoms with Crippen molar-refractivity contribution < 1.29 is 19.4 Å². The number of benzene rings is 2. The molecule has 0 aliphatic heterocycles. The maximum Gasteiger partial charge on any atom is 0.308 e. The first kappa shape index (κ1) is 16.5. The van der Waals surface area contributed by atoms with E-state index in [-0.39, 0.29) is 11.7 Å². The summed E-state index contributed by atoms with van der Waals surface area (Å²) in [5.74, 6) is 0.554. The first-order valence-corrected chi connectivity index (χ1v) is 7.70. The van der Waals surface area contributed by atoms with Gasteiger partial charge < -0.3 is 14.6 Å². The number of ether oxygens (including phenoxy) is 2. The Morgan fingerprint density at radius 3 is 2.68 bits per heavy atom. The molecular weight excluding hydrogens is 318 g/mol. The number of phenols is 1. The number of nitrogens with zero attached hydrogens (tertiary/aromatic N) is 1. The zero-order chi connectivity index (χ0) is 17.8. The van der Waals surface area contributed by atoms with Crippen LogP contribution in [0, 0.1) is 0 Å². The summed E-state index contributed by atoms with van der Waals surface area (Å²) >= 11 is 0. The van der Waals surface area contributed by atoms with Crippen LogP contribution >= 0.6 is 0 Å². The Morgan fingerprint density at radius 1 is 1.08 bits per heavy atom. The van der Waals surface area contributed by atoms with Gasteiger partial charge in [0.25, 0.3) is 0 Å². The predicted molar refractivity (Wildman–Crippen MR) is 96.6 cm³/mol. The van der Waals surface area contributed by atoms with Crippen LogP contribution in [0.4, 0.5) is 0 Å². The Balaban J connectivity index is 1.95. The van der Waals surface area contributed by atoms with Crippen molar-refractivity contribution in [2.24, 2.45) is 0 Å². The van der Waals surface area contributed by atoms with E-state index >= 15 is 0 Å². The van der Waals surface area contributed by atoms with Gasteiger partial charge in [-0.1, -0.05) is 30.3 Å². The summed E-state index contributed by atoms with van der Waals surface area (Å²) in [7, 11) is 1.50. The fraction of sp³-hybridized carbons (Fsp3) is 0.100. The van der Waals surface area contributed by atoms with E-state index in [9.17, 15) is 9.90 Å². The number of hydrogen-bond donors (Lipinski definition) is 1. The number of hydrogen-bond acceptors (Lipinski definition) is 5. The molecule has 1 heterocycles. The lowest BCUT2D eigenvalue weighted by molar-refractivity contribution is -0.131. The number of aromatic hydroxyl groups is 1. The van der Waals surface area contributed by atoms with Gasteiger partial charge in [-0.15, -0.1) is 0 Å². The van der Waals surface area contributed by atoms with Crippen molar-refractivity contribution in [2.45, 2.75) is 6.92 Å². The van der Waals surface area contributed by atoms with E-state index in [0.29, 0.717) is 17.0 Å². The molecule has 0 radical (unpaired) electrons. The van der Waals surface area contributed by atoms with E-state index in [2.05, 4.69) is 4.98 Å². The summed E-state index contributed by atoms with van der Waals surface area (Å²) < 4.78 is 10.3. The van der Waals surface area contributed by atoms with Crippen molar-refractivity contribution in [3.63, 3.8) is 0 Å². The van der Waals surface area contributed by atoms with Gasteiger partial charge in [0, 0.05) is 12.3 Å². The Bertz CT molecular complexity index is 963. The van der Waals surface area contributed by atoms with Gasteiger partial charge in [0.15, 0.2) is 17.2 Å². The number of esters is 1. The number of phenolic OH excluding ortho intramolecular Hbond substituents is 1. The van der Waals surface area contributed by atoms with E-state index in [4.69, 9.17) is 9.47 Å². The minimum absolute atomic E-state index is 0.0921. The molecule has 0 spiro atoms. The van der Waals surface area contributed by atoms with Gasteiger partial charge in [-0.25, -0.2) is 4.98 Å². The molecule has 2 aromatic carbocycles. The third kappa shape index (κ3) is 3.77. The van der Waals surface area contributed by atoms with Crippen molar-refractivity contribution in [1.82, 2.24) is 4.98 Å². The topological polar surface area (TPSA) is 68.7 Å². The second-order valence-corrected chi connectivity index (χ2v) is 5.42. The number of rotatable bonds is 4. The van der Waals surface area contributed by atoms with Crippen LogP contribution in [0.3, 0.4) is 0 Å². The van der Waals surface area contributed by atoms with Crippen molar-refractivity contribution in [3.8, 4) is 17.2 Å². The molecule has 3 aromatic rings. The summed E-state index contributed by atoms with van der Waals surface area (Å²) in [6, 6.07) is 14.3. The Hall–Kier alpha value is -3.34. The second-order valence-electron chi connectivity index (χ2n) is 5.42. The maximum atomic E-state index is 11.2. The molecule has 5 nitrogen and oxygen atoms in total. The third-order valence-corrected chi connectivity index (χ3v) is 3.61. The van der Waals surface area contributed by atoms with Gasteiger partial charge in [0.2, 0.25) is 0 Å². The smallest absolute Gasteiger partial charge is 0.308 e. The van der Waals surface area contributed by atoms with Crippen molar-refractivity contribution in [2.75, 3.05) is 7.11 Å². The lowest BCUT2D eigenvalue weighted by Gasteiger charge is -2.06. The standard InChI is InChI=1S/C20H17NO4/c1-13(22)25-18-5-3-4-15-8-10-16(21-20(15)18)9-6-14-7-11-17(23)19(12-14)24-2/h3-12,23H,1-2H3/b9-6+. The fourth-order valence-electron chi connectivity index (χ4n) is 2.44. The van der Waals surface area contributed by atoms with Gasteiger partial charge in [-0.2, -0.15) is 0 Å². The summed E-state index contributed by atoms with van der Waals surface area (Å²) in [4.78, 5) is 15.8. The molecule has 3 rings (SSSR count). The van der Waals surface area contributed by atoms with Crippen LogP contribution in [0.2, 0.25) is 0 Å². The van der Waals surface area contributed by atoms with Gasteiger partial charge >= 0.3 is 5.97 Å². The van der Waals surface area contributed by atoms with Gasteiger partial charge in [-0.3, -0.25) is 4.79 Å². The quantitative estimate of drug-likeness (QED) is 0.575. The zero-order valence-electron chi connectivity index (χ0n) is 13.9. The normalized spacial score (nSPS) is 11.0.